The van der Waals surface area contributed by atoms with E-state index >= 15 is 0 Å². The topological polar surface area (TPSA) is 120 Å². The second-order valence-electron chi connectivity index (χ2n) is 6.20. The van der Waals surface area contributed by atoms with Crippen LogP contribution in [0.3, 0.4) is 0 Å². The maximum atomic E-state index is 12.2. The van der Waals surface area contributed by atoms with Gasteiger partial charge < -0.3 is 15.3 Å². The molecule has 1 unspecified atom stereocenters. The van der Waals surface area contributed by atoms with Crippen molar-refractivity contribution in [1.29, 1.82) is 0 Å². The molecule has 1 fully saturated rings. The normalized spacial score (nSPS) is 21.2. The summed E-state index contributed by atoms with van der Waals surface area (Å²) in [4.78, 5) is 37.4. The first-order valence-electron chi connectivity index (χ1n) is 7.76. The number of hydrogen-bond donors (Lipinski definition) is 3. The molecule has 2 amide bonds. The fraction of sp³-hybridized carbons (Fsp3) is 0.438. The Bertz CT molecular complexity index is 691. The van der Waals surface area contributed by atoms with Crippen molar-refractivity contribution in [1.82, 2.24) is 9.47 Å². The number of nitrogens with zero attached hydrogens (tertiary/aromatic N) is 2. The molecule has 1 aliphatic carbocycles. The molecule has 0 aromatic carbocycles. The van der Waals surface area contributed by atoms with Gasteiger partial charge in [-0.3, -0.25) is 23.9 Å². The van der Waals surface area contributed by atoms with E-state index < -0.39 is 41.1 Å². The molecule has 3 rings (SSSR count). The van der Waals surface area contributed by atoms with E-state index in [1.165, 1.54) is 12.1 Å². The highest BCUT2D eigenvalue weighted by molar-refractivity contribution is 6.13. The number of carboxylic acids is 1. The fourth-order valence-corrected chi connectivity index (χ4v) is 3.71. The quantitative estimate of drug-likeness (QED) is 0.715. The van der Waals surface area contributed by atoms with Crippen molar-refractivity contribution in [3.05, 3.63) is 24.3 Å². The number of carbonyl (C=O) groups excluding carboxylic acids is 2. The van der Waals surface area contributed by atoms with Crippen LogP contribution in [0.25, 0.3) is 0 Å². The van der Waals surface area contributed by atoms with Crippen LogP contribution in [-0.2, 0) is 14.4 Å². The molecular formula is C16H18N2O6. The number of carboxylic acid groups (broad SMARTS) is 1. The Morgan fingerprint density at radius 1 is 1.00 bits per heavy atom. The predicted molar refractivity (Wildman–Crippen MR) is 80.9 cm³/mol. The molecule has 8 heteroatoms. The summed E-state index contributed by atoms with van der Waals surface area (Å²) in [5.74, 6) is -3.30. The zero-order valence-corrected chi connectivity index (χ0v) is 12.9. The van der Waals surface area contributed by atoms with Crippen LogP contribution < -0.4 is 0 Å². The van der Waals surface area contributed by atoms with E-state index in [-0.39, 0.29) is 12.8 Å². The second kappa shape index (κ2) is 5.70. The molecule has 1 saturated carbocycles. The summed E-state index contributed by atoms with van der Waals surface area (Å²) < 4.78 is 0.947. The fourth-order valence-electron chi connectivity index (χ4n) is 3.71. The van der Waals surface area contributed by atoms with Crippen molar-refractivity contribution in [2.24, 2.45) is 5.41 Å². The molecule has 128 valence electrons. The molecule has 24 heavy (non-hydrogen) atoms. The number of aromatic hydroxyl groups is 2. The van der Waals surface area contributed by atoms with Gasteiger partial charge in [-0.2, -0.15) is 0 Å². The highest BCUT2D eigenvalue weighted by atomic mass is 16.4. The van der Waals surface area contributed by atoms with Gasteiger partial charge in [-0.05, 0) is 12.8 Å². The third-order valence-electron chi connectivity index (χ3n) is 4.87. The number of amides is 2. The van der Waals surface area contributed by atoms with Crippen LogP contribution in [-0.4, -0.2) is 42.6 Å². The Labute approximate surface area is 137 Å². The number of imide groups is 1. The third kappa shape index (κ3) is 2.26. The van der Waals surface area contributed by atoms with Crippen LogP contribution in [0.15, 0.2) is 24.3 Å². The van der Waals surface area contributed by atoms with Crippen LogP contribution in [0.4, 0.5) is 0 Å². The van der Waals surface area contributed by atoms with Gasteiger partial charge >= 0.3 is 5.97 Å². The van der Waals surface area contributed by atoms with Crippen molar-refractivity contribution in [2.75, 3.05) is 0 Å². The largest absolute Gasteiger partial charge is 0.494 e. The minimum Gasteiger partial charge on any atom is -0.494 e. The Hall–Kier alpha value is -2.77. The predicted octanol–water partition coefficient (Wildman–Crippen LogP) is 1.36. The molecule has 3 N–H and O–H groups in total. The Morgan fingerprint density at radius 3 is 1.96 bits per heavy atom. The van der Waals surface area contributed by atoms with Crippen molar-refractivity contribution >= 4 is 17.8 Å². The third-order valence-corrected chi connectivity index (χ3v) is 4.87. The number of aromatic nitrogens is 1. The van der Waals surface area contributed by atoms with Crippen LogP contribution in [0.5, 0.6) is 11.8 Å². The van der Waals surface area contributed by atoms with E-state index in [9.17, 15) is 29.7 Å². The molecule has 2 heterocycles. The molecule has 1 atom stereocenters. The zero-order chi connectivity index (χ0) is 17.5. The van der Waals surface area contributed by atoms with Gasteiger partial charge in [0.25, 0.3) is 11.8 Å². The SMILES string of the molecule is O=C1C=CC(=O)N1C(n1c(O)ccc1O)C1(C(=O)O)CCCCC1. The van der Waals surface area contributed by atoms with E-state index in [0.717, 1.165) is 28.0 Å². The lowest BCUT2D eigenvalue weighted by Crippen LogP contribution is -2.51. The molecule has 1 aliphatic heterocycles. The Balaban J connectivity index is 2.20. The van der Waals surface area contributed by atoms with Gasteiger partial charge in [0.2, 0.25) is 0 Å². The minimum absolute atomic E-state index is 0.237. The standard InChI is InChI=1S/C16H18N2O6/c19-10-4-5-11(20)17(10)14(18-12(21)6-7-13(18)22)16(15(23)24)8-2-1-3-9-16/h4-7,14,19-20H,1-3,8-9H2,(H,23,24). The first-order chi connectivity index (χ1) is 11.4. The van der Waals surface area contributed by atoms with Gasteiger partial charge in [0.15, 0.2) is 11.8 Å². The van der Waals surface area contributed by atoms with Crippen LogP contribution in [0, 0.1) is 5.41 Å². The van der Waals surface area contributed by atoms with Gasteiger partial charge in [-0.1, -0.05) is 19.3 Å². The first-order valence-corrected chi connectivity index (χ1v) is 7.76. The maximum Gasteiger partial charge on any atom is 0.313 e. The van der Waals surface area contributed by atoms with E-state index in [4.69, 9.17) is 0 Å². The number of aliphatic carboxylic acids is 1. The molecule has 0 spiro atoms. The lowest BCUT2D eigenvalue weighted by Gasteiger charge is -2.44. The second-order valence-corrected chi connectivity index (χ2v) is 6.20. The minimum atomic E-state index is -1.47. The molecule has 8 nitrogen and oxygen atoms in total. The molecule has 2 aliphatic rings. The van der Waals surface area contributed by atoms with Crippen LogP contribution >= 0.6 is 0 Å². The number of hydrogen-bond acceptors (Lipinski definition) is 5. The Kier molecular flexibility index (Phi) is 3.82. The highest BCUT2D eigenvalue weighted by Gasteiger charge is 2.54. The number of carbonyl (C=O) groups is 3. The van der Waals surface area contributed by atoms with Crippen LogP contribution in [0.2, 0.25) is 0 Å². The van der Waals surface area contributed by atoms with Gasteiger partial charge in [0.1, 0.15) is 11.6 Å². The summed E-state index contributed by atoms with van der Waals surface area (Å²) >= 11 is 0. The van der Waals surface area contributed by atoms with Crippen molar-refractivity contribution < 1.29 is 29.7 Å². The zero-order valence-electron chi connectivity index (χ0n) is 12.9. The summed E-state index contributed by atoms with van der Waals surface area (Å²) in [7, 11) is 0. The maximum absolute atomic E-state index is 12.2. The molecule has 0 bridgehead atoms. The Morgan fingerprint density at radius 2 is 1.50 bits per heavy atom. The van der Waals surface area contributed by atoms with Crippen molar-refractivity contribution in [3.63, 3.8) is 0 Å². The van der Waals surface area contributed by atoms with E-state index in [1.807, 2.05) is 0 Å². The summed E-state index contributed by atoms with van der Waals surface area (Å²) in [5.41, 5.74) is -1.47. The summed E-state index contributed by atoms with van der Waals surface area (Å²) in [6.45, 7) is 0. The molecule has 0 saturated heterocycles. The summed E-state index contributed by atoms with van der Waals surface area (Å²) in [6.07, 6.45) is 3.36. The highest BCUT2D eigenvalue weighted by Crippen LogP contribution is 2.50. The van der Waals surface area contributed by atoms with Gasteiger partial charge in [-0.15, -0.1) is 0 Å². The molecule has 0 radical (unpaired) electrons. The number of rotatable bonds is 4. The average Bonchev–Trinajstić information content (AvgIpc) is 3.06. The molecule has 1 aromatic rings. The lowest BCUT2D eigenvalue weighted by atomic mass is 9.71. The van der Waals surface area contributed by atoms with Crippen molar-refractivity contribution in [3.8, 4) is 11.8 Å². The average molecular weight is 334 g/mol. The van der Waals surface area contributed by atoms with Gasteiger partial charge in [0.05, 0.1) is 0 Å². The van der Waals surface area contributed by atoms with Gasteiger partial charge in [-0.25, -0.2) is 0 Å². The first kappa shape index (κ1) is 16.1. The van der Waals surface area contributed by atoms with Crippen LogP contribution in [0.1, 0.15) is 38.3 Å². The smallest absolute Gasteiger partial charge is 0.313 e. The molecular weight excluding hydrogens is 316 g/mol. The van der Waals surface area contributed by atoms with E-state index in [0.29, 0.717) is 12.8 Å². The van der Waals surface area contributed by atoms with Crippen molar-refractivity contribution in [2.45, 2.75) is 38.3 Å². The van der Waals surface area contributed by atoms with Gasteiger partial charge in [0, 0.05) is 24.3 Å². The van der Waals surface area contributed by atoms with E-state index in [2.05, 4.69) is 0 Å². The molecule has 1 aromatic heterocycles. The monoisotopic (exact) mass is 334 g/mol. The summed E-state index contributed by atoms with van der Waals surface area (Å²) in [5, 5.41) is 30.1. The lowest BCUT2D eigenvalue weighted by molar-refractivity contribution is -0.166. The van der Waals surface area contributed by atoms with E-state index in [1.54, 1.807) is 0 Å². The summed E-state index contributed by atoms with van der Waals surface area (Å²) in [6, 6.07) is 2.39.